The van der Waals surface area contributed by atoms with Crippen molar-refractivity contribution in [3.8, 4) is 5.75 Å². The van der Waals surface area contributed by atoms with Crippen molar-refractivity contribution < 1.29 is 9.13 Å². The molecular formula is C19H25FN4O. The molecule has 0 bridgehead atoms. The number of anilines is 1. The lowest BCUT2D eigenvalue weighted by atomic mass is 10.1. The standard InChI is InChI=1S/C19H25FN4O/c1-4-21-19-11-16(22-13(2)23-19)17-6-5-9-24(17)12-14-7-8-15(20)18(10-14)25-3/h7-8,10-11,17H,4-6,9,12H2,1-3H3,(H,21,22,23). The van der Waals surface area contributed by atoms with Gasteiger partial charge in [-0.25, -0.2) is 14.4 Å². The minimum atomic E-state index is -0.328. The van der Waals surface area contributed by atoms with Crippen molar-refractivity contribution in [1.29, 1.82) is 0 Å². The molecule has 1 saturated heterocycles. The van der Waals surface area contributed by atoms with Crippen molar-refractivity contribution in [1.82, 2.24) is 14.9 Å². The van der Waals surface area contributed by atoms with Crippen LogP contribution in [0.2, 0.25) is 0 Å². The van der Waals surface area contributed by atoms with Crippen LogP contribution < -0.4 is 10.1 Å². The van der Waals surface area contributed by atoms with Crippen LogP contribution in [0.4, 0.5) is 10.2 Å². The highest BCUT2D eigenvalue weighted by Crippen LogP contribution is 2.33. The Morgan fingerprint density at radius 1 is 1.32 bits per heavy atom. The molecule has 0 radical (unpaired) electrons. The Morgan fingerprint density at radius 3 is 2.92 bits per heavy atom. The second-order valence-corrected chi connectivity index (χ2v) is 6.35. The summed E-state index contributed by atoms with van der Waals surface area (Å²) in [6, 6.07) is 7.38. The zero-order valence-corrected chi connectivity index (χ0v) is 15.1. The maximum Gasteiger partial charge on any atom is 0.165 e. The Bertz CT molecular complexity index is 737. The first-order chi connectivity index (χ1) is 12.1. The first kappa shape index (κ1) is 17.6. The fourth-order valence-corrected chi connectivity index (χ4v) is 3.42. The predicted molar refractivity (Wildman–Crippen MR) is 96.3 cm³/mol. The van der Waals surface area contributed by atoms with Gasteiger partial charge in [0.15, 0.2) is 11.6 Å². The molecule has 1 aliphatic rings. The van der Waals surface area contributed by atoms with Crippen molar-refractivity contribution in [3.63, 3.8) is 0 Å². The van der Waals surface area contributed by atoms with Crippen molar-refractivity contribution in [2.24, 2.45) is 0 Å². The van der Waals surface area contributed by atoms with Crippen LogP contribution in [0.25, 0.3) is 0 Å². The molecule has 0 aliphatic carbocycles. The van der Waals surface area contributed by atoms with Crippen LogP contribution in [0.3, 0.4) is 0 Å². The molecule has 134 valence electrons. The Labute approximate surface area is 148 Å². The number of halogens is 1. The molecule has 3 rings (SSSR count). The molecule has 25 heavy (non-hydrogen) atoms. The van der Waals surface area contributed by atoms with E-state index in [1.54, 1.807) is 6.07 Å². The number of benzene rings is 1. The topological polar surface area (TPSA) is 50.3 Å². The van der Waals surface area contributed by atoms with Gasteiger partial charge in [-0.2, -0.15) is 0 Å². The molecule has 6 heteroatoms. The van der Waals surface area contributed by atoms with Gasteiger partial charge in [0.05, 0.1) is 18.8 Å². The van der Waals surface area contributed by atoms with Crippen molar-refractivity contribution in [3.05, 3.63) is 47.2 Å². The van der Waals surface area contributed by atoms with Gasteiger partial charge >= 0.3 is 0 Å². The average Bonchev–Trinajstić information content (AvgIpc) is 3.04. The first-order valence-electron chi connectivity index (χ1n) is 8.76. The highest BCUT2D eigenvalue weighted by atomic mass is 19.1. The molecule has 1 N–H and O–H groups in total. The number of methoxy groups -OCH3 is 1. The van der Waals surface area contributed by atoms with Gasteiger partial charge in [-0.15, -0.1) is 0 Å². The molecule has 1 fully saturated rings. The third kappa shape index (κ3) is 4.07. The van der Waals surface area contributed by atoms with Crippen LogP contribution in [0.1, 0.15) is 42.9 Å². The summed E-state index contributed by atoms with van der Waals surface area (Å²) in [4.78, 5) is 11.5. The maximum atomic E-state index is 13.6. The lowest BCUT2D eigenvalue weighted by Gasteiger charge is -2.25. The summed E-state index contributed by atoms with van der Waals surface area (Å²) in [7, 11) is 1.49. The second kappa shape index (κ2) is 7.78. The van der Waals surface area contributed by atoms with Gasteiger partial charge in [-0.3, -0.25) is 4.90 Å². The lowest BCUT2D eigenvalue weighted by Crippen LogP contribution is -2.24. The molecule has 1 aliphatic heterocycles. The van der Waals surface area contributed by atoms with Gasteiger partial charge < -0.3 is 10.1 Å². The number of aryl methyl sites for hydroxylation is 1. The molecule has 1 aromatic carbocycles. The zero-order chi connectivity index (χ0) is 17.8. The molecule has 0 amide bonds. The monoisotopic (exact) mass is 344 g/mol. The Balaban J connectivity index is 1.81. The van der Waals surface area contributed by atoms with Gasteiger partial charge in [-0.05, 0) is 50.9 Å². The van der Waals surface area contributed by atoms with Gasteiger partial charge in [0.1, 0.15) is 11.6 Å². The number of nitrogens with zero attached hydrogens (tertiary/aromatic N) is 3. The van der Waals surface area contributed by atoms with Crippen LogP contribution in [0, 0.1) is 12.7 Å². The number of rotatable bonds is 6. The highest BCUT2D eigenvalue weighted by molar-refractivity contribution is 5.37. The van der Waals surface area contributed by atoms with Crippen molar-refractivity contribution in [2.45, 2.75) is 39.3 Å². The highest BCUT2D eigenvalue weighted by Gasteiger charge is 2.28. The Kier molecular flexibility index (Phi) is 5.48. The van der Waals surface area contributed by atoms with Crippen LogP contribution in [0.5, 0.6) is 5.75 Å². The fraction of sp³-hybridized carbons (Fsp3) is 0.474. The fourth-order valence-electron chi connectivity index (χ4n) is 3.42. The number of aromatic nitrogens is 2. The third-order valence-electron chi connectivity index (χ3n) is 4.52. The summed E-state index contributed by atoms with van der Waals surface area (Å²) < 4.78 is 18.7. The normalized spacial score (nSPS) is 17.7. The molecule has 1 unspecified atom stereocenters. The van der Waals surface area contributed by atoms with E-state index in [4.69, 9.17) is 4.74 Å². The Hall–Kier alpha value is -2.21. The summed E-state index contributed by atoms with van der Waals surface area (Å²) in [6.07, 6.45) is 2.20. The van der Waals surface area contributed by atoms with Crippen LogP contribution in [0.15, 0.2) is 24.3 Å². The molecular weight excluding hydrogens is 319 g/mol. The van der Waals surface area contributed by atoms with E-state index in [1.807, 2.05) is 19.1 Å². The number of likely N-dealkylation sites (tertiary alicyclic amines) is 1. The molecule has 1 aromatic heterocycles. The molecule has 0 saturated carbocycles. The molecule has 2 aromatic rings. The molecule has 0 spiro atoms. The quantitative estimate of drug-likeness (QED) is 0.866. The van der Waals surface area contributed by atoms with E-state index in [-0.39, 0.29) is 11.9 Å². The minimum absolute atomic E-state index is 0.259. The largest absolute Gasteiger partial charge is 0.494 e. The molecule has 5 nitrogen and oxygen atoms in total. The molecule has 2 heterocycles. The van der Waals surface area contributed by atoms with Crippen molar-refractivity contribution in [2.75, 3.05) is 25.5 Å². The number of hydrogen-bond acceptors (Lipinski definition) is 5. The van der Waals surface area contributed by atoms with E-state index in [0.717, 1.165) is 55.4 Å². The Morgan fingerprint density at radius 2 is 2.16 bits per heavy atom. The SMILES string of the molecule is CCNc1cc(C2CCCN2Cc2ccc(F)c(OC)c2)nc(C)n1. The number of hydrogen-bond donors (Lipinski definition) is 1. The predicted octanol–water partition coefficient (Wildman–Crippen LogP) is 3.70. The van der Waals surface area contributed by atoms with Gasteiger partial charge in [0, 0.05) is 19.2 Å². The first-order valence-corrected chi connectivity index (χ1v) is 8.76. The second-order valence-electron chi connectivity index (χ2n) is 6.35. The molecule has 1 atom stereocenters. The minimum Gasteiger partial charge on any atom is -0.494 e. The zero-order valence-electron chi connectivity index (χ0n) is 15.1. The van der Waals surface area contributed by atoms with Gasteiger partial charge in [0.2, 0.25) is 0 Å². The lowest BCUT2D eigenvalue weighted by molar-refractivity contribution is 0.243. The summed E-state index contributed by atoms with van der Waals surface area (Å²) in [5.41, 5.74) is 2.10. The van der Waals surface area contributed by atoms with E-state index in [2.05, 4.69) is 27.1 Å². The van der Waals surface area contributed by atoms with Gasteiger partial charge in [-0.1, -0.05) is 6.07 Å². The van der Waals surface area contributed by atoms with E-state index < -0.39 is 0 Å². The van der Waals surface area contributed by atoms with E-state index in [9.17, 15) is 4.39 Å². The van der Waals surface area contributed by atoms with Crippen molar-refractivity contribution >= 4 is 5.82 Å². The van der Waals surface area contributed by atoms with E-state index >= 15 is 0 Å². The van der Waals surface area contributed by atoms with Crippen LogP contribution >= 0.6 is 0 Å². The van der Waals surface area contributed by atoms with E-state index in [0.29, 0.717) is 5.75 Å². The number of ether oxygens (including phenoxy) is 1. The summed E-state index contributed by atoms with van der Waals surface area (Å²) in [6.45, 7) is 6.57. The number of nitrogens with one attached hydrogen (secondary N) is 1. The smallest absolute Gasteiger partial charge is 0.165 e. The van der Waals surface area contributed by atoms with Gasteiger partial charge in [0.25, 0.3) is 0 Å². The average molecular weight is 344 g/mol. The summed E-state index contributed by atoms with van der Waals surface area (Å²) >= 11 is 0. The summed E-state index contributed by atoms with van der Waals surface area (Å²) in [5.74, 6) is 1.62. The maximum absolute atomic E-state index is 13.6. The summed E-state index contributed by atoms with van der Waals surface area (Å²) in [5, 5.41) is 3.27. The van der Waals surface area contributed by atoms with Crippen LogP contribution in [-0.4, -0.2) is 35.1 Å². The third-order valence-corrected chi connectivity index (χ3v) is 4.52. The van der Waals surface area contributed by atoms with Crippen LogP contribution in [-0.2, 0) is 6.54 Å². The van der Waals surface area contributed by atoms with E-state index in [1.165, 1.54) is 13.2 Å².